The monoisotopic (exact) mass is 720 g/mol. The Labute approximate surface area is 288 Å². The Balaban J connectivity index is 0.000000174. The molecule has 4 N–H and O–H groups in total. The number of aryl methyl sites for hydroxylation is 3. The predicted octanol–water partition coefficient (Wildman–Crippen LogP) is 3.10. The first-order valence-corrected chi connectivity index (χ1v) is 19.3. The van der Waals surface area contributed by atoms with E-state index in [1.165, 1.54) is 11.3 Å². The van der Waals surface area contributed by atoms with Crippen molar-refractivity contribution in [2.75, 3.05) is 71.3 Å². The molecule has 3 aromatic rings. The summed E-state index contributed by atoms with van der Waals surface area (Å²) < 4.78 is 24.4. The van der Waals surface area contributed by atoms with E-state index in [2.05, 4.69) is 43.4 Å². The summed E-state index contributed by atoms with van der Waals surface area (Å²) in [6.45, 7) is 5.58. The van der Waals surface area contributed by atoms with Gasteiger partial charge in [0.2, 0.25) is 11.2 Å². The second-order valence-electron chi connectivity index (χ2n) is 12.9. The third-order valence-corrected chi connectivity index (χ3v) is 12.8. The molecule has 16 heteroatoms. The second kappa shape index (κ2) is 13.0. The van der Waals surface area contributed by atoms with Crippen LogP contribution in [0.3, 0.4) is 0 Å². The fourth-order valence-corrected chi connectivity index (χ4v) is 9.26. The van der Waals surface area contributed by atoms with Crippen LogP contribution < -0.4 is 20.4 Å². The van der Waals surface area contributed by atoms with Gasteiger partial charge < -0.3 is 30.6 Å². The average Bonchev–Trinajstić information content (AvgIpc) is 3.95. The Morgan fingerprint density at radius 1 is 0.787 bits per heavy atom. The first-order chi connectivity index (χ1) is 22.6. The summed E-state index contributed by atoms with van der Waals surface area (Å²) in [5.41, 5.74) is 3.43. The van der Waals surface area contributed by atoms with Crippen molar-refractivity contribution in [3.8, 4) is 0 Å². The number of hydrogen-bond acceptors (Lipinski definition) is 12. The molecule has 3 fully saturated rings. The number of aliphatic hydroxyl groups is 2. The van der Waals surface area contributed by atoms with Crippen LogP contribution in [0.1, 0.15) is 42.6 Å². The van der Waals surface area contributed by atoms with Crippen LogP contribution in [0, 0.1) is 6.92 Å². The van der Waals surface area contributed by atoms with Gasteiger partial charge in [0.25, 0.3) is 0 Å². The maximum Gasteiger partial charge on any atom is 0.227 e. The fraction of sp³-hybridized carbons (Fsp3) is 0.548. The van der Waals surface area contributed by atoms with Crippen LogP contribution in [-0.4, -0.2) is 101 Å². The molecule has 2 saturated carbocycles. The first-order valence-electron chi connectivity index (χ1n) is 15.9. The maximum atomic E-state index is 12.5. The number of benzene rings is 1. The van der Waals surface area contributed by atoms with Crippen LogP contribution in [0.2, 0.25) is 10.3 Å². The highest BCUT2D eigenvalue weighted by Crippen LogP contribution is 2.42. The molecule has 252 valence electrons. The maximum absolute atomic E-state index is 12.5. The summed E-state index contributed by atoms with van der Waals surface area (Å²) >= 11 is 11.9. The third kappa shape index (κ3) is 6.82. The van der Waals surface area contributed by atoms with Crippen molar-refractivity contribution in [1.82, 2.24) is 19.9 Å². The summed E-state index contributed by atoms with van der Waals surface area (Å²) in [4.78, 5) is 23.7. The molecule has 2 aromatic heterocycles. The van der Waals surface area contributed by atoms with Crippen molar-refractivity contribution in [3.63, 3.8) is 0 Å². The Morgan fingerprint density at radius 2 is 1.32 bits per heavy atom. The number of piperazine rings is 1. The highest BCUT2D eigenvalue weighted by atomic mass is 35.5. The van der Waals surface area contributed by atoms with E-state index in [1.807, 2.05) is 12.1 Å². The molecule has 8 rings (SSSR count). The number of hydrogen-bond donors (Lipinski definition) is 4. The Morgan fingerprint density at radius 3 is 1.85 bits per heavy atom. The molecule has 5 aliphatic rings. The second-order valence-corrected chi connectivity index (χ2v) is 16.7. The van der Waals surface area contributed by atoms with Crippen LogP contribution >= 0.6 is 23.2 Å². The molecule has 2 aliphatic carbocycles. The number of aliphatic hydroxyl groups excluding tert-OH is 2. The molecule has 0 radical (unpaired) electrons. The van der Waals surface area contributed by atoms with E-state index in [-0.39, 0.29) is 29.6 Å². The summed E-state index contributed by atoms with van der Waals surface area (Å²) in [5.74, 6) is 3.04. The molecule has 0 bridgehead atoms. The molecule has 0 amide bonds. The van der Waals surface area contributed by atoms with Crippen LogP contribution in [0.4, 0.5) is 23.3 Å². The molecule has 5 heterocycles. The van der Waals surface area contributed by atoms with Gasteiger partial charge in [0.1, 0.15) is 21.4 Å². The van der Waals surface area contributed by atoms with Crippen molar-refractivity contribution in [2.45, 2.75) is 66.3 Å². The zero-order chi connectivity index (χ0) is 32.9. The lowest BCUT2D eigenvalue weighted by Gasteiger charge is -2.37. The number of anilines is 4. The summed E-state index contributed by atoms with van der Waals surface area (Å²) in [5, 5.41) is 26.5. The Bertz CT molecular complexity index is 1750. The highest BCUT2D eigenvalue weighted by molar-refractivity contribution is 7.85. The molecule has 3 aliphatic heterocycles. The van der Waals surface area contributed by atoms with E-state index in [1.54, 1.807) is 0 Å². The van der Waals surface area contributed by atoms with E-state index in [4.69, 9.17) is 33.2 Å². The van der Waals surface area contributed by atoms with Crippen LogP contribution in [0.25, 0.3) is 0 Å². The number of halogens is 2. The minimum atomic E-state index is -1.07. The van der Waals surface area contributed by atoms with Gasteiger partial charge >= 0.3 is 0 Å². The van der Waals surface area contributed by atoms with Gasteiger partial charge in [-0.05, 0) is 68.0 Å². The van der Waals surface area contributed by atoms with Gasteiger partial charge in [0, 0.05) is 61.2 Å². The van der Waals surface area contributed by atoms with E-state index < -0.39 is 21.6 Å². The Kier molecular flexibility index (Phi) is 9.11. The van der Waals surface area contributed by atoms with Gasteiger partial charge in [0.15, 0.2) is 0 Å². The van der Waals surface area contributed by atoms with E-state index in [9.17, 15) is 18.6 Å². The lowest BCUT2D eigenvalue weighted by atomic mass is 10.1. The minimum Gasteiger partial charge on any atom is -0.394 e. The first kappa shape index (κ1) is 32.9. The van der Waals surface area contributed by atoms with Gasteiger partial charge in [-0.3, -0.25) is 8.42 Å². The zero-order valence-corrected chi connectivity index (χ0v) is 29.2. The van der Waals surface area contributed by atoms with Gasteiger partial charge in [-0.25, -0.2) is 9.97 Å². The Hall–Kier alpha value is -2.62. The van der Waals surface area contributed by atoms with Crippen molar-refractivity contribution in [1.29, 1.82) is 0 Å². The smallest absolute Gasteiger partial charge is 0.227 e. The molecule has 1 aromatic carbocycles. The lowest BCUT2D eigenvalue weighted by Crippen LogP contribution is -2.47. The highest BCUT2D eigenvalue weighted by Gasteiger charge is 2.45. The number of fused-ring (bicyclic) bond motifs is 2. The fourth-order valence-electron chi connectivity index (χ4n) is 6.23. The van der Waals surface area contributed by atoms with Gasteiger partial charge in [-0.15, -0.1) is 0 Å². The average molecular weight is 722 g/mol. The summed E-state index contributed by atoms with van der Waals surface area (Å²) in [7, 11) is -2.13. The molecule has 2 atom stereocenters. The number of nitrogens with one attached hydrogen (secondary N) is 2. The molecule has 0 spiro atoms. The minimum absolute atomic E-state index is 0.0516. The molecule has 2 unspecified atom stereocenters. The van der Waals surface area contributed by atoms with Crippen LogP contribution in [0.5, 0.6) is 0 Å². The SMILES string of the molecule is Cc1cc(Cl)ccc1N1CCN(c2nc3c(c(NC4(CO)CC4)n2)S(=O)CC3)CC1.O=S1CCc2nc(Cl)nc(NC3(CO)CC3)c21. The van der Waals surface area contributed by atoms with E-state index in [0.29, 0.717) is 46.8 Å². The number of nitrogens with zero attached hydrogens (tertiary/aromatic N) is 6. The van der Waals surface area contributed by atoms with Gasteiger partial charge in [-0.2, -0.15) is 9.97 Å². The van der Waals surface area contributed by atoms with E-state index in [0.717, 1.165) is 73.2 Å². The molecule has 12 nitrogen and oxygen atoms in total. The van der Waals surface area contributed by atoms with Crippen molar-refractivity contribution >= 4 is 68.1 Å². The van der Waals surface area contributed by atoms with E-state index >= 15 is 0 Å². The lowest BCUT2D eigenvalue weighted by molar-refractivity contribution is 0.265. The zero-order valence-electron chi connectivity index (χ0n) is 26.1. The molecule has 47 heavy (non-hydrogen) atoms. The van der Waals surface area contributed by atoms with Crippen molar-refractivity contribution < 1.29 is 18.6 Å². The quantitative estimate of drug-likeness (QED) is 0.253. The van der Waals surface area contributed by atoms with Gasteiger partial charge in [-0.1, -0.05) is 11.6 Å². The van der Waals surface area contributed by atoms with Gasteiger partial charge in [0.05, 0.1) is 57.3 Å². The number of rotatable bonds is 8. The normalized spacial score (nSPS) is 23.0. The van der Waals surface area contributed by atoms with Crippen molar-refractivity contribution in [2.24, 2.45) is 0 Å². The standard InChI is InChI=1S/C21H26ClN5O2S.C10H12ClN3O2S/c1-14-12-15(22)2-3-17(14)26-7-9-27(10-8-26)20-23-16-4-11-30(29)18(16)19(24-20)25-21(13-28)5-6-21;11-9-12-6-1-4-17(16)7(6)8(13-9)14-10(5-15)2-3-10/h2-3,12,28H,4-11,13H2,1H3,(H,23,24,25);15H,1-5H2,(H,12,13,14). The molecular weight excluding hydrogens is 683 g/mol. The topological polar surface area (TPSA) is 157 Å². The predicted molar refractivity (Wildman–Crippen MR) is 185 cm³/mol. The van der Waals surface area contributed by atoms with Crippen LogP contribution in [0.15, 0.2) is 28.0 Å². The van der Waals surface area contributed by atoms with Crippen molar-refractivity contribution in [3.05, 3.63) is 45.5 Å². The third-order valence-electron chi connectivity index (χ3n) is 9.48. The summed E-state index contributed by atoms with van der Waals surface area (Å²) in [6.07, 6.45) is 4.99. The largest absolute Gasteiger partial charge is 0.394 e. The molecular formula is C31H38Cl2N8O4S2. The molecule has 1 saturated heterocycles. The number of aromatic nitrogens is 4. The van der Waals surface area contributed by atoms with Crippen LogP contribution in [-0.2, 0) is 34.4 Å². The summed E-state index contributed by atoms with van der Waals surface area (Å²) in [6, 6.07) is 6.02.